The van der Waals surface area contributed by atoms with E-state index >= 15 is 0 Å². The molecule has 0 aliphatic carbocycles. The van der Waals surface area contributed by atoms with Gasteiger partial charge in [0.2, 0.25) is 0 Å². The first kappa shape index (κ1) is 23.0. The number of guanidine groups is 1. The Hall–Kier alpha value is -1.02. The minimum atomic E-state index is 0. The van der Waals surface area contributed by atoms with E-state index in [0.29, 0.717) is 12.5 Å². The molecule has 0 bridgehead atoms. The van der Waals surface area contributed by atoms with Gasteiger partial charge in [-0.05, 0) is 42.5 Å². The van der Waals surface area contributed by atoms with Crippen molar-refractivity contribution in [2.45, 2.75) is 33.7 Å². The van der Waals surface area contributed by atoms with Gasteiger partial charge in [0.05, 0.1) is 7.11 Å². The third kappa shape index (κ3) is 9.97. The number of ether oxygens (including phenoxy) is 2. The fraction of sp³-hybridized carbons (Fsp3) is 0.611. The standard InChI is InChI=1S/C18H31N3O2.HI/c1-14(2)13-23-8-6-7-20-18(19-4)21-12-16-9-15(3)10-17(11-16)22-5;/h9-11,14H,6-8,12-13H2,1-5H3,(H2,19,20,21);1H. The maximum atomic E-state index is 5.56. The van der Waals surface area contributed by atoms with Crippen molar-refractivity contribution in [3.05, 3.63) is 29.3 Å². The maximum Gasteiger partial charge on any atom is 0.191 e. The topological polar surface area (TPSA) is 54.9 Å². The molecular weight excluding hydrogens is 417 g/mol. The highest BCUT2D eigenvalue weighted by Gasteiger charge is 2.01. The molecule has 6 heteroatoms. The van der Waals surface area contributed by atoms with E-state index in [0.717, 1.165) is 37.9 Å². The summed E-state index contributed by atoms with van der Waals surface area (Å²) in [5, 5.41) is 6.61. The van der Waals surface area contributed by atoms with E-state index in [-0.39, 0.29) is 24.0 Å². The normalized spacial score (nSPS) is 11.2. The van der Waals surface area contributed by atoms with Gasteiger partial charge >= 0.3 is 0 Å². The number of nitrogens with one attached hydrogen (secondary N) is 2. The van der Waals surface area contributed by atoms with Gasteiger partial charge in [-0.2, -0.15) is 0 Å². The molecule has 0 saturated heterocycles. The Balaban J connectivity index is 0.00000529. The molecule has 0 aliphatic heterocycles. The summed E-state index contributed by atoms with van der Waals surface area (Å²) in [7, 11) is 3.47. The van der Waals surface area contributed by atoms with Crippen molar-refractivity contribution in [1.29, 1.82) is 0 Å². The average Bonchev–Trinajstić information content (AvgIpc) is 2.52. The second-order valence-corrected chi connectivity index (χ2v) is 6.03. The van der Waals surface area contributed by atoms with Gasteiger partial charge in [0.25, 0.3) is 0 Å². The molecule has 0 aromatic heterocycles. The second kappa shape index (κ2) is 13.3. The highest BCUT2D eigenvalue weighted by Crippen LogP contribution is 2.16. The number of aliphatic imine (C=N–C) groups is 1. The van der Waals surface area contributed by atoms with E-state index in [4.69, 9.17) is 9.47 Å². The number of hydrogen-bond donors (Lipinski definition) is 2. The molecule has 138 valence electrons. The van der Waals surface area contributed by atoms with Gasteiger partial charge in [0.1, 0.15) is 5.75 Å². The zero-order valence-electron chi connectivity index (χ0n) is 15.5. The predicted octanol–water partition coefficient (Wildman–Crippen LogP) is 3.35. The van der Waals surface area contributed by atoms with Crippen LogP contribution in [-0.4, -0.2) is 39.9 Å². The van der Waals surface area contributed by atoms with Crippen LogP contribution in [0.5, 0.6) is 5.75 Å². The lowest BCUT2D eigenvalue weighted by Crippen LogP contribution is -2.37. The first-order chi connectivity index (χ1) is 11.0. The van der Waals surface area contributed by atoms with Crippen molar-refractivity contribution in [1.82, 2.24) is 10.6 Å². The number of nitrogens with zero attached hydrogens (tertiary/aromatic N) is 1. The molecule has 0 atom stereocenters. The molecule has 1 aromatic rings. The van der Waals surface area contributed by atoms with Crippen molar-refractivity contribution in [3.8, 4) is 5.75 Å². The van der Waals surface area contributed by atoms with Gasteiger partial charge in [-0.3, -0.25) is 4.99 Å². The van der Waals surface area contributed by atoms with Crippen LogP contribution in [0.2, 0.25) is 0 Å². The minimum Gasteiger partial charge on any atom is -0.497 e. The lowest BCUT2D eigenvalue weighted by atomic mass is 10.1. The third-order valence-corrected chi connectivity index (χ3v) is 3.24. The quantitative estimate of drug-likeness (QED) is 0.263. The van der Waals surface area contributed by atoms with Crippen LogP contribution in [-0.2, 0) is 11.3 Å². The molecule has 1 aromatic carbocycles. The number of halogens is 1. The summed E-state index contributed by atoms with van der Waals surface area (Å²) in [4.78, 5) is 4.24. The van der Waals surface area contributed by atoms with Crippen LogP contribution in [0.15, 0.2) is 23.2 Å². The summed E-state index contributed by atoms with van der Waals surface area (Å²) in [6.07, 6.45) is 0.964. The van der Waals surface area contributed by atoms with Crippen LogP contribution in [0.1, 0.15) is 31.4 Å². The monoisotopic (exact) mass is 449 g/mol. The highest BCUT2D eigenvalue weighted by atomic mass is 127. The molecule has 0 spiro atoms. The predicted molar refractivity (Wildman–Crippen MR) is 112 cm³/mol. The Kier molecular flexibility index (Phi) is 12.7. The summed E-state index contributed by atoms with van der Waals surface area (Å²) in [5.74, 6) is 2.27. The molecule has 24 heavy (non-hydrogen) atoms. The van der Waals surface area contributed by atoms with Crippen molar-refractivity contribution in [2.24, 2.45) is 10.9 Å². The van der Waals surface area contributed by atoms with Gasteiger partial charge < -0.3 is 20.1 Å². The van der Waals surface area contributed by atoms with E-state index in [1.165, 1.54) is 11.1 Å². The first-order valence-corrected chi connectivity index (χ1v) is 8.22. The third-order valence-electron chi connectivity index (χ3n) is 3.24. The van der Waals surface area contributed by atoms with Gasteiger partial charge in [0, 0.05) is 33.4 Å². The van der Waals surface area contributed by atoms with E-state index in [2.05, 4.69) is 42.5 Å². The zero-order valence-corrected chi connectivity index (χ0v) is 17.8. The Labute approximate surface area is 163 Å². The van der Waals surface area contributed by atoms with E-state index < -0.39 is 0 Å². The molecule has 2 N–H and O–H groups in total. The second-order valence-electron chi connectivity index (χ2n) is 6.03. The Morgan fingerprint density at radius 2 is 1.96 bits per heavy atom. The number of aryl methyl sites for hydroxylation is 1. The van der Waals surface area contributed by atoms with Crippen molar-refractivity contribution < 1.29 is 9.47 Å². The van der Waals surface area contributed by atoms with Crippen molar-refractivity contribution in [3.63, 3.8) is 0 Å². The summed E-state index contributed by atoms with van der Waals surface area (Å²) < 4.78 is 10.9. The van der Waals surface area contributed by atoms with E-state index in [1.54, 1.807) is 14.2 Å². The smallest absolute Gasteiger partial charge is 0.191 e. The number of rotatable bonds is 9. The number of hydrogen-bond acceptors (Lipinski definition) is 3. The fourth-order valence-corrected chi connectivity index (χ4v) is 2.15. The Bertz CT molecular complexity index is 493. The van der Waals surface area contributed by atoms with Crippen molar-refractivity contribution >= 4 is 29.9 Å². The number of benzene rings is 1. The van der Waals surface area contributed by atoms with Gasteiger partial charge in [0.15, 0.2) is 5.96 Å². The summed E-state index contributed by atoms with van der Waals surface area (Å²) in [6.45, 7) is 9.53. The SMILES string of the molecule is CN=C(NCCCOCC(C)C)NCc1cc(C)cc(OC)c1.I. The van der Waals surface area contributed by atoms with Gasteiger partial charge in [-0.1, -0.05) is 19.9 Å². The van der Waals surface area contributed by atoms with Crippen LogP contribution in [0.4, 0.5) is 0 Å². The Morgan fingerprint density at radius 3 is 2.58 bits per heavy atom. The van der Waals surface area contributed by atoms with Gasteiger partial charge in [-0.25, -0.2) is 0 Å². The van der Waals surface area contributed by atoms with Crippen LogP contribution < -0.4 is 15.4 Å². The minimum absolute atomic E-state index is 0. The molecule has 0 fully saturated rings. The van der Waals surface area contributed by atoms with Crippen LogP contribution in [0, 0.1) is 12.8 Å². The molecule has 0 radical (unpaired) electrons. The van der Waals surface area contributed by atoms with Gasteiger partial charge in [-0.15, -0.1) is 24.0 Å². The largest absolute Gasteiger partial charge is 0.497 e. The fourth-order valence-electron chi connectivity index (χ4n) is 2.15. The zero-order chi connectivity index (χ0) is 17.1. The maximum absolute atomic E-state index is 5.56. The molecule has 0 aliphatic rings. The van der Waals surface area contributed by atoms with E-state index in [9.17, 15) is 0 Å². The molecule has 0 amide bonds. The summed E-state index contributed by atoms with van der Waals surface area (Å²) in [5.41, 5.74) is 2.36. The molecule has 0 saturated carbocycles. The Morgan fingerprint density at radius 1 is 1.21 bits per heavy atom. The molecule has 0 unspecified atom stereocenters. The molecule has 5 nitrogen and oxygen atoms in total. The molecule has 1 rings (SSSR count). The van der Waals surface area contributed by atoms with E-state index in [1.807, 2.05) is 12.1 Å². The highest BCUT2D eigenvalue weighted by molar-refractivity contribution is 14.0. The lowest BCUT2D eigenvalue weighted by molar-refractivity contribution is 0.108. The molecular formula is C18H32IN3O2. The molecule has 0 heterocycles. The summed E-state index contributed by atoms with van der Waals surface area (Å²) >= 11 is 0. The summed E-state index contributed by atoms with van der Waals surface area (Å²) in [6, 6.07) is 6.20. The number of methoxy groups -OCH3 is 1. The lowest BCUT2D eigenvalue weighted by Gasteiger charge is -2.13. The van der Waals surface area contributed by atoms with Crippen LogP contribution in [0.25, 0.3) is 0 Å². The average molecular weight is 449 g/mol. The van der Waals surface area contributed by atoms with Crippen LogP contribution >= 0.6 is 24.0 Å². The first-order valence-electron chi connectivity index (χ1n) is 8.22. The van der Waals surface area contributed by atoms with Crippen molar-refractivity contribution in [2.75, 3.05) is 33.9 Å². The van der Waals surface area contributed by atoms with Crippen LogP contribution in [0.3, 0.4) is 0 Å².